The van der Waals surface area contributed by atoms with Crippen LogP contribution >= 0.6 is 0 Å². The van der Waals surface area contributed by atoms with E-state index in [9.17, 15) is 4.79 Å². The standard InChI is InChI=1S/C22H28N2O2/c1-17-8-5-11-20(16-17)26-18(2)22(25)23-13-7-15-24-14-6-10-19-9-3-4-12-21(19)24/h3-5,8-9,11-12,16,18H,6-7,10,13-15H2,1-2H3,(H,23,25)/t18-/m0/s1. The van der Waals surface area contributed by atoms with Crippen molar-refractivity contribution >= 4 is 11.6 Å². The van der Waals surface area contributed by atoms with E-state index in [1.807, 2.05) is 31.2 Å². The number of ether oxygens (including phenoxy) is 1. The van der Waals surface area contributed by atoms with Gasteiger partial charge in [0.15, 0.2) is 6.10 Å². The number of carbonyl (C=O) groups is 1. The summed E-state index contributed by atoms with van der Waals surface area (Å²) in [5.74, 6) is 0.670. The highest BCUT2D eigenvalue weighted by molar-refractivity contribution is 5.80. The molecular weight excluding hydrogens is 324 g/mol. The second-order valence-electron chi connectivity index (χ2n) is 6.94. The van der Waals surface area contributed by atoms with Gasteiger partial charge < -0.3 is 15.0 Å². The van der Waals surface area contributed by atoms with Gasteiger partial charge >= 0.3 is 0 Å². The van der Waals surface area contributed by atoms with Gasteiger partial charge in [-0.05, 0) is 62.4 Å². The highest BCUT2D eigenvalue weighted by Crippen LogP contribution is 2.26. The van der Waals surface area contributed by atoms with Gasteiger partial charge in [0.1, 0.15) is 5.75 Å². The maximum absolute atomic E-state index is 12.2. The van der Waals surface area contributed by atoms with Crippen molar-refractivity contribution in [2.45, 2.75) is 39.2 Å². The number of rotatable bonds is 7. The van der Waals surface area contributed by atoms with E-state index in [0.717, 1.165) is 37.2 Å². The molecule has 0 fully saturated rings. The first-order valence-electron chi connectivity index (χ1n) is 9.47. The maximum Gasteiger partial charge on any atom is 0.260 e. The number of aryl methyl sites for hydroxylation is 2. The van der Waals surface area contributed by atoms with Gasteiger partial charge in [0.05, 0.1) is 0 Å². The van der Waals surface area contributed by atoms with E-state index in [1.165, 1.54) is 17.7 Å². The third-order valence-electron chi connectivity index (χ3n) is 4.78. The molecule has 2 aromatic carbocycles. The second kappa shape index (κ2) is 8.75. The fourth-order valence-electron chi connectivity index (χ4n) is 3.42. The quantitative estimate of drug-likeness (QED) is 0.772. The molecule has 0 saturated heterocycles. The minimum absolute atomic E-state index is 0.0643. The third-order valence-corrected chi connectivity index (χ3v) is 4.78. The Morgan fingerprint density at radius 1 is 1.23 bits per heavy atom. The average Bonchev–Trinajstić information content (AvgIpc) is 2.65. The molecule has 0 bridgehead atoms. The van der Waals surface area contributed by atoms with Crippen molar-refractivity contribution in [3.63, 3.8) is 0 Å². The molecule has 1 aliphatic heterocycles. The number of para-hydroxylation sites is 1. The van der Waals surface area contributed by atoms with Gasteiger partial charge in [-0.1, -0.05) is 30.3 Å². The zero-order valence-corrected chi connectivity index (χ0v) is 15.7. The number of nitrogens with one attached hydrogen (secondary N) is 1. The molecule has 0 radical (unpaired) electrons. The van der Waals surface area contributed by atoms with E-state index in [2.05, 4.69) is 34.5 Å². The fourth-order valence-corrected chi connectivity index (χ4v) is 3.42. The van der Waals surface area contributed by atoms with Crippen LogP contribution in [0.4, 0.5) is 5.69 Å². The zero-order valence-electron chi connectivity index (χ0n) is 15.7. The first-order chi connectivity index (χ1) is 12.6. The van der Waals surface area contributed by atoms with Crippen LogP contribution in [0.2, 0.25) is 0 Å². The summed E-state index contributed by atoms with van der Waals surface area (Å²) in [5.41, 5.74) is 3.90. The van der Waals surface area contributed by atoms with E-state index < -0.39 is 6.10 Å². The number of hydrogen-bond donors (Lipinski definition) is 1. The monoisotopic (exact) mass is 352 g/mol. The van der Waals surface area contributed by atoms with Gasteiger partial charge in [-0.25, -0.2) is 0 Å². The summed E-state index contributed by atoms with van der Waals surface area (Å²) in [6.45, 7) is 6.52. The number of hydrogen-bond acceptors (Lipinski definition) is 3. The molecule has 0 spiro atoms. The minimum Gasteiger partial charge on any atom is -0.481 e. The van der Waals surface area contributed by atoms with Crippen LogP contribution < -0.4 is 15.0 Å². The first kappa shape index (κ1) is 18.3. The van der Waals surface area contributed by atoms with Crippen LogP contribution in [0.25, 0.3) is 0 Å². The smallest absolute Gasteiger partial charge is 0.260 e. The predicted octanol–water partition coefficient (Wildman–Crippen LogP) is 3.72. The summed E-state index contributed by atoms with van der Waals surface area (Å²) in [4.78, 5) is 14.7. The van der Waals surface area contributed by atoms with Crippen LogP contribution in [0.15, 0.2) is 48.5 Å². The van der Waals surface area contributed by atoms with Gasteiger partial charge in [0, 0.05) is 25.3 Å². The minimum atomic E-state index is -0.493. The van der Waals surface area contributed by atoms with E-state index in [0.29, 0.717) is 6.54 Å². The number of amides is 1. The molecule has 0 aromatic heterocycles. The highest BCUT2D eigenvalue weighted by atomic mass is 16.5. The molecule has 138 valence electrons. The normalized spacial score (nSPS) is 14.5. The lowest BCUT2D eigenvalue weighted by Gasteiger charge is -2.31. The number of fused-ring (bicyclic) bond motifs is 1. The Morgan fingerprint density at radius 3 is 2.92 bits per heavy atom. The molecule has 1 amide bonds. The number of nitrogens with zero attached hydrogens (tertiary/aromatic N) is 1. The van der Waals surface area contributed by atoms with Crippen molar-refractivity contribution in [2.75, 3.05) is 24.5 Å². The van der Waals surface area contributed by atoms with Gasteiger partial charge in [0.2, 0.25) is 0 Å². The van der Waals surface area contributed by atoms with Crippen molar-refractivity contribution in [3.8, 4) is 5.75 Å². The summed E-state index contributed by atoms with van der Waals surface area (Å²) < 4.78 is 5.73. The molecule has 3 rings (SSSR count). The summed E-state index contributed by atoms with van der Waals surface area (Å²) >= 11 is 0. The largest absolute Gasteiger partial charge is 0.481 e. The topological polar surface area (TPSA) is 41.6 Å². The molecule has 0 saturated carbocycles. The summed E-state index contributed by atoms with van der Waals surface area (Å²) in [7, 11) is 0. The lowest BCUT2D eigenvalue weighted by molar-refractivity contribution is -0.127. The second-order valence-corrected chi connectivity index (χ2v) is 6.94. The molecule has 26 heavy (non-hydrogen) atoms. The SMILES string of the molecule is Cc1cccc(O[C@@H](C)C(=O)NCCCN2CCCc3ccccc32)c1. The van der Waals surface area contributed by atoms with Crippen LogP contribution in [0.1, 0.15) is 30.9 Å². The van der Waals surface area contributed by atoms with Crippen LogP contribution in [-0.4, -0.2) is 31.6 Å². The lowest BCUT2D eigenvalue weighted by atomic mass is 10.0. The first-order valence-corrected chi connectivity index (χ1v) is 9.47. The molecule has 1 N–H and O–H groups in total. The Morgan fingerprint density at radius 2 is 2.08 bits per heavy atom. The summed E-state index contributed by atoms with van der Waals surface area (Å²) in [6.07, 6.45) is 2.80. The van der Waals surface area contributed by atoms with Gasteiger partial charge in [0.25, 0.3) is 5.91 Å². The lowest BCUT2D eigenvalue weighted by Crippen LogP contribution is -2.38. The molecule has 0 unspecified atom stereocenters. The molecule has 1 atom stereocenters. The molecule has 2 aromatic rings. The van der Waals surface area contributed by atoms with Gasteiger partial charge in [-0.3, -0.25) is 4.79 Å². The van der Waals surface area contributed by atoms with E-state index in [4.69, 9.17) is 4.74 Å². The molecular formula is C22H28N2O2. The summed E-state index contributed by atoms with van der Waals surface area (Å²) in [6, 6.07) is 16.4. The highest BCUT2D eigenvalue weighted by Gasteiger charge is 2.17. The van der Waals surface area contributed by atoms with Crippen LogP contribution in [-0.2, 0) is 11.2 Å². The predicted molar refractivity (Wildman–Crippen MR) is 106 cm³/mol. The molecule has 4 nitrogen and oxygen atoms in total. The zero-order chi connectivity index (χ0) is 18.4. The van der Waals surface area contributed by atoms with Crippen LogP contribution in [0.3, 0.4) is 0 Å². The Hall–Kier alpha value is -2.49. The molecule has 0 aliphatic carbocycles. The molecule has 4 heteroatoms. The van der Waals surface area contributed by atoms with Gasteiger partial charge in [-0.15, -0.1) is 0 Å². The number of benzene rings is 2. The van der Waals surface area contributed by atoms with Crippen molar-refractivity contribution < 1.29 is 9.53 Å². The number of carbonyl (C=O) groups excluding carboxylic acids is 1. The van der Waals surface area contributed by atoms with Gasteiger partial charge in [-0.2, -0.15) is 0 Å². The van der Waals surface area contributed by atoms with Crippen molar-refractivity contribution in [1.29, 1.82) is 0 Å². The van der Waals surface area contributed by atoms with E-state index in [-0.39, 0.29) is 5.91 Å². The molecule has 1 aliphatic rings. The van der Waals surface area contributed by atoms with E-state index in [1.54, 1.807) is 6.92 Å². The Bertz CT molecular complexity index is 744. The van der Waals surface area contributed by atoms with Crippen LogP contribution in [0.5, 0.6) is 5.75 Å². The number of anilines is 1. The van der Waals surface area contributed by atoms with Crippen molar-refractivity contribution in [3.05, 3.63) is 59.7 Å². The molecule has 1 heterocycles. The summed E-state index contributed by atoms with van der Waals surface area (Å²) in [5, 5.41) is 2.99. The average molecular weight is 352 g/mol. The van der Waals surface area contributed by atoms with E-state index >= 15 is 0 Å². The van der Waals surface area contributed by atoms with Crippen LogP contribution in [0, 0.1) is 6.92 Å². The Labute approximate surface area is 156 Å². The Kier molecular flexibility index (Phi) is 6.16. The van der Waals surface area contributed by atoms with Crippen molar-refractivity contribution in [1.82, 2.24) is 5.32 Å². The van der Waals surface area contributed by atoms with Crippen molar-refractivity contribution in [2.24, 2.45) is 0 Å². The fraction of sp³-hybridized carbons (Fsp3) is 0.409. The third kappa shape index (κ3) is 4.78. The Balaban J connectivity index is 1.41. The maximum atomic E-state index is 12.2.